The van der Waals surface area contributed by atoms with Crippen LogP contribution in [0.25, 0.3) is 0 Å². The van der Waals surface area contributed by atoms with E-state index in [-0.39, 0.29) is 24.3 Å². The number of hydrogen-bond donors (Lipinski definition) is 0. The fourth-order valence-electron chi connectivity index (χ4n) is 2.55. The lowest BCUT2D eigenvalue weighted by molar-refractivity contribution is -0.134. The molecule has 6 heteroatoms. The van der Waals surface area contributed by atoms with Crippen LogP contribution in [0.1, 0.15) is 18.4 Å². The van der Waals surface area contributed by atoms with E-state index in [9.17, 15) is 13.6 Å². The number of halogens is 2. The summed E-state index contributed by atoms with van der Waals surface area (Å²) in [7, 11) is 1.60. The smallest absolute Gasteiger partial charge is 0.261 e. The van der Waals surface area contributed by atoms with Crippen molar-refractivity contribution < 1.29 is 23.0 Å². The molecule has 0 heterocycles. The number of nitrogens with zero attached hydrogens (tertiary/aromatic N) is 1. The van der Waals surface area contributed by atoms with Crippen LogP contribution in [0, 0.1) is 11.6 Å². The lowest BCUT2D eigenvalue weighted by atomic mass is 10.2. The van der Waals surface area contributed by atoms with E-state index in [4.69, 9.17) is 9.47 Å². The summed E-state index contributed by atoms with van der Waals surface area (Å²) in [4.78, 5) is 14.2. The molecule has 2 aromatic rings. The summed E-state index contributed by atoms with van der Waals surface area (Å²) < 4.78 is 36.9. The molecule has 3 rings (SSSR count). The van der Waals surface area contributed by atoms with Gasteiger partial charge in [-0.15, -0.1) is 0 Å². The van der Waals surface area contributed by atoms with Crippen LogP contribution in [0.3, 0.4) is 0 Å². The molecule has 132 valence electrons. The highest BCUT2D eigenvalue weighted by Gasteiger charge is 2.32. The molecular formula is C19H19F2NO3. The summed E-state index contributed by atoms with van der Waals surface area (Å²) in [6, 6.07) is 10.7. The van der Waals surface area contributed by atoms with Crippen molar-refractivity contribution in [3.8, 4) is 11.5 Å². The Hall–Kier alpha value is -2.63. The molecule has 0 N–H and O–H groups in total. The Morgan fingerprint density at radius 3 is 2.48 bits per heavy atom. The Morgan fingerprint density at radius 1 is 1.16 bits per heavy atom. The topological polar surface area (TPSA) is 38.8 Å². The van der Waals surface area contributed by atoms with E-state index in [1.54, 1.807) is 12.0 Å². The quantitative estimate of drug-likeness (QED) is 0.769. The third-order valence-electron chi connectivity index (χ3n) is 4.07. The molecule has 0 aliphatic heterocycles. The fraction of sp³-hybridized carbons (Fsp3) is 0.316. The summed E-state index contributed by atoms with van der Waals surface area (Å²) >= 11 is 0. The van der Waals surface area contributed by atoms with Gasteiger partial charge in [0.05, 0.1) is 7.11 Å². The first-order chi connectivity index (χ1) is 12.1. The van der Waals surface area contributed by atoms with Crippen LogP contribution in [-0.4, -0.2) is 30.6 Å². The molecule has 4 nitrogen and oxygen atoms in total. The predicted octanol–water partition coefficient (Wildman–Crippen LogP) is 3.54. The van der Waals surface area contributed by atoms with E-state index in [2.05, 4.69) is 0 Å². The average Bonchev–Trinajstić information content (AvgIpc) is 3.44. The highest BCUT2D eigenvalue weighted by Crippen LogP contribution is 2.29. The van der Waals surface area contributed by atoms with Gasteiger partial charge in [-0.25, -0.2) is 8.78 Å². The number of rotatable bonds is 7. The molecule has 2 aromatic carbocycles. The minimum Gasteiger partial charge on any atom is -0.497 e. The number of benzene rings is 2. The average molecular weight is 347 g/mol. The SMILES string of the molecule is COc1ccc(CN(C(=O)COc2ccc(F)cc2F)C2CC2)cc1. The summed E-state index contributed by atoms with van der Waals surface area (Å²) in [5, 5.41) is 0. The minimum absolute atomic E-state index is 0.130. The molecule has 1 aliphatic rings. The molecule has 1 fully saturated rings. The van der Waals surface area contributed by atoms with E-state index in [1.807, 2.05) is 24.3 Å². The van der Waals surface area contributed by atoms with Gasteiger partial charge in [-0.1, -0.05) is 12.1 Å². The van der Waals surface area contributed by atoms with Crippen molar-refractivity contribution in [3.63, 3.8) is 0 Å². The highest BCUT2D eigenvalue weighted by molar-refractivity contribution is 5.78. The van der Waals surface area contributed by atoms with Gasteiger partial charge < -0.3 is 14.4 Å². The molecule has 0 spiro atoms. The first-order valence-corrected chi connectivity index (χ1v) is 8.07. The van der Waals surface area contributed by atoms with Crippen LogP contribution in [0.2, 0.25) is 0 Å². The number of carbonyl (C=O) groups excluding carboxylic acids is 1. The summed E-state index contributed by atoms with van der Waals surface area (Å²) in [6.07, 6.45) is 1.90. The maximum atomic E-state index is 13.6. The van der Waals surface area contributed by atoms with Gasteiger partial charge in [-0.05, 0) is 42.7 Å². The van der Waals surface area contributed by atoms with E-state index < -0.39 is 11.6 Å². The lowest BCUT2D eigenvalue weighted by Gasteiger charge is -2.23. The molecule has 25 heavy (non-hydrogen) atoms. The zero-order valence-corrected chi connectivity index (χ0v) is 13.9. The van der Waals surface area contributed by atoms with Gasteiger partial charge in [0.2, 0.25) is 0 Å². The Kier molecular flexibility index (Phi) is 5.16. The van der Waals surface area contributed by atoms with Crippen LogP contribution < -0.4 is 9.47 Å². The van der Waals surface area contributed by atoms with Crippen molar-refractivity contribution in [2.45, 2.75) is 25.4 Å². The van der Waals surface area contributed by atoms with Gasteiger partial charge in [-0.2, -0.15) is 0 Å². The number of amides is 1. The number of hydrogen-bond acceptors (Lipinski definition) is 3. The largest absolute Gasteiger partial charge is 0.497 e. The number of ether oxygens (including phenoxy) is 2. The van der Waals surface area contributed by atoms with Crippen molar-refractivity contribution >= 4 is 5.91 Å². The molecule has 0 aromatic heterocycles. The van der Waals surface area contributed by atoms with Gasteiger partial charge >= 0.3 is 0 Å². The Balaban J connectivity index is 1.62. The molecular weight excluding hydrogens is 328 g/mol. The van der Waals surface area contributed by atoms with Gasteiger partial charge in [0.15, 0.2) is 18.2 Å². The molecule has 1 amide bonds. The first kappa shape index (κ1) is 17.2. The third kappa shape index (κ3) is 4.47. The Morgan fingerprint density at radius 2 is 1.88 bits per heavy atom. The van der Waals surface area contributed by atoms with Crippen molar-refractivity contribution in [3.05, 3.63) is 59.7 Å². The number of methoxy groups -OCH3 is 1. The molecule has 0 radical (unpaired) electrons. The highest BCUT2D eigenvalue weighted by atomic mass is 19.1. The van der Waals surface area contributed by atoms with Gasteiger partial charge in [0.25, 0.3) is 5.91 Å². The standard InChI is InChI=1S/C19H19F2NO3/c1-24-16-7-2-13(3-8-16)11-22(15-5-6-15)19(23)12-25-18-9-4-14(20)10-17(18)21/h2-4,7-10,15H,5-6,11-12H2,1H3. The number of carbonyl (C=O) groups is 1. The second-order valence-corrected chi connectivity index (χ2v) is 5.96. The van der Waals surface area contributed by atoms with Crippen LogP contribution in [0.15, 0.2) is 42.5 Å². The second kappa shape index (κ2) is 7.51. The van der Waals surface area contributed by atoms with E-state index in [1.165, 1.54) is 6.07 Å². The molecule has 0 unspecified atom stereocenters. The van der Waals surface area contributed by atoms with Crippen molar-refractivity contribution in [2.24, 2.45) is 0 Å². The van der Waals surface area contributed by atoms with Crippen LogP contribution >= 0.6 is 0 Å². The third-order valence-corrected chi connectivity index (χ3v) is 4.07. The van der Waals surface area contributed by atoms with Crippen LogP contribution in [-0.2, 0) is 11.3 Å². The van der Waals surface area contributed by atoms with Crippen molar-refractivity contribution in [2.75, 3.05) is 13.7 Å². The monoisotopic (exact) mass is 347 g/mol. The molecule has 0 atom stereocenters. The maximum Gasteiger partial charge on any atom is 0.261 e. The second-order valence-electron chi connectivity index (χ2n) is 5.96. The first-order valence-electron chi connectivity index (χ1n) is 8.07. The Labute approximate surface area is 145 Å². The summed E-state index contributed by atoms with van der Waals surface area (Å²) in [5.74, 6) is -1.10. The normalized spacial score (nSPS) is 13.4. The molecule has 0 bridgehead atoms. The van der Waals surface area contributed by atoms with Gasteiger partial charge in [0, 0.05) is 18.7 Å². The minimum atomic E-state index is -0.819. The zero-order valence-electron chi connectivity index (χ0n) is 13.9. The molecule has 1 saturated carbocycles. The van der Waals surface area contributed by atoms with E-state index in [0.29, 0.717) is 6.54 Å². The van der Waals surface area contributed by atoms with Gasteiger partial charge in [-0.3, -0.25) is 4.79 Å². The zero-order chi connectivity index (χ0) is 17.8. The van der Waals surface area contributed by atoms with Crippen LogP contribution in [0.5, 0.6) is 11.5 Å². The van der Waals surface area contributed by atoms with Crippen molar-refractivity contribution in [1.29, 1.82) is 0 Å². The maximum absolute atomic E-state index is 13.6. The fourth-order valence-corrected chi connectivity index (χ4v) is 2.55. The summed E-state index contributed by atoms with van der Waals surface area (Å²) in [6.45, 7) is 0.179. The summed E-state index contributed by atoms with van der Waals surface area (Å²) in [5.41, 5.74) is 0.981. The lowest BCUT2D eigenvalue weighted by Crippen LogP contribution is -2.36. The van der Waals surface area contributed by atoms with E-state index >= 15 is 0 Å². The predicted molar refractivity (Wildman–Crippen MR) is 88.4 cm³/mol. The van der Waals surface area contributed by atoms with Gasteiger partial charge in [0.1, 0.15) is 11.6 Å². The van der Waals surface area contributed by atoms with Crippen LogP contribution in [0.4, 0.5) is 8.78 Å². The Bertz CT molecular complexity index is 745. The molecule has 0 saturated heterocycles. The van der Waals surface area contributed by atoms with E-state index in [0.717, 1.165) is 36.3 Å². The van der Waals surface area contributed by atoms with Crippen molar-refractivity contribution in [1.82, 2.24) is 4.90 Å². The molecule has 1 aliphatic carbocycles.